The largest absolute Gasteiger partial charge is 0.497 e. The highest BCUT2D eigenvalue weighted by Gasteiger charge is 2.29. The molecule has 1 unspecified atom stereocenters. The number of ether oxygens (including phenoxy) is 2. The predicted molar refractivity (Wildman–Crippen MR) is 103 cm³/mol. The van der Waals surface area contributed by atoms with E-state index in [1.54, 1.807) is 12.1 Å². The van der Waals surface area contributed by atoms with Gasteiger partial charge < -0.3 is 9.47 Å². The maximum Gasteiger partial charge on any atom is 0.244 e. The minimum atomic E-state index is -3.80. The minimum absolute atomic E-state index is 0.0752. The molecule has 0 saturated heterocycles. The minimum Gasteiger partial charge on any atom is -0.497 e. The van der Waals surface area contributed by atoms with Crippen LogP contribution in [0, 0.1) is 5.92 Å². The summed E-state index contributed by atoms with van der Waals surface area (Å²) in [7, 11) is -0.846. The highest BCUT2D eigenvalue weighted by atomic mass is 32.2. The van der Waals surface area contributed by atoms with Gasteiger partial charge in [-0.1, -0.05) is 57.0 Å². The number of hydrogen-bond donors (Lipinski definition) is 1. The van der Waals surface area contributed by atoms with Crippen LogP contribution in [-0.2, 0) is 10.0 Å². The number of methoxy groups -OCH3 is 2. The molecule has 0 saturated carbocycles. The molecule has 0 bridgehead atoms. The second kappa shape index (κ2) is 9.05. The second-order valence-corrected chi connectivity index (χ2v) is 7.79. The molecule has 2 rings (SSSR count). The fourth-order valence-electron chi connectivity index (χ4n) is 3.08. The topological polar surface area (TPSA) is 64.6 Å². The molecule has 2 aromatic carbocycles. The van der Waals surface area contributed by atoms with Crippen LogP contribution in [0.25, 0.3) is 0 Å². The lowest BCUT2D eigenvalue weighted by Gasteiger charge is -2.27. The fourth-order valence-corrected chi connectivity index (χ4v) is 4.56. The van der Waals surface area contributed by atoms with E-state index in [0.717, 1.165) is 18.4 Å². The standard InChI is InChI=1S/C20H27NO4S/c1-5-15(6-2)20(16-10-8-7-9-11-16)21-26(22,23)19-14-17(24-3)12-13-18(19)25-4/h7-15,20-21H,5-6H2,1-4H3. The highest BCUT2D eigenvalue weighted by Crippen LogP contribution is 2.33. The van der Waals surface area contributed by atoms with Gasteiger partial charge in [0.2, 0.25) is 10.0 Å². The van der Waals surface area contributed by atoms with Crippen LogP contribution in [0.15, 0.2) is 53.4 Å². The maximum atomic E-state index is 13.2. The molecule has 0 aliphatic carbocycles. The summed E-state index contributed by atoms with van der Waals surface area (Å²) >= 11 is 0. The summed E-state index contributed by atoms with van der Waals surface area (Å²) in [5.41, 5.74) is 0.951. The number of sulfonamides is 1. The van der Waals surface area contributed by atoms with Crippen LogP contribution >= 0.6 is 0 Å². The van der Waals surface area contributed by atoms with Crippen molar-refractivity contribution in [2.45, 2.75) is 37.6 Å². The smallest absolute Gasteiger partial charge is 0.244 e. The van der Waals surface area contributed by atoms with Crippen molar-refractivity contribution < 1.29 is 17.9 Å². The van der Waals surface area contributed by atoms with E-state index in [9.17, 15) is 8.42 Å². The molecule has 0 heterocycles. The van der Waals surface area contributed by atoms with Crippen molar-refractivity contribution in [3.63, 3.8) is 0 Å². The van der Waals surface area contributed by atoms with Gasteiger partial charge in [0.25, 0.3) is 0 Å². The zero-order chi connectivity index (χ0) is 19.2. The lowest BCUT2D eigenvalue weighted by atomic mass is 9.90. The van der Waals surface area contributed by atoms with Crippen molar-refractivity contribution in [3.8, 4) is 11.5 Å². The van der Waals surface area contributed by atoms with Gasteiger partial charge in [-0.15, -0.1) is 0 Å². The van der Waals surface area contributed by atoms with E-state index < -0.39 is 10.0 Å². The third-order valence-electron chi connectivity index (χ3n) is 4.62. The summed E-state index contributed by atoms with van der Waals surface area (Å²) in [4.78, 5) is 0.0752. The van der Waals surface area contributed by atoms with Gasteiger partial charge in [0.05, 0.1) is 14.2 Å². The Morgan fingerprint density at radius 2 is 1.62 bits per heavy atom. The molecule has 0 aromatic heterocycles. The summed E-state index contributed by atoms with van der Waals surface area (Å²) in [5.74, 6) is 0.934. The molecule has 5 nitrogen and oxygen atoms in total. The van der Waals surface area contributed by atoms with Gasteiger partial charge in [-0.25, -0.2) is 13.1 Å². The van der Waals surface area contributed by atoms with E-state index in [1.807, 2.05) is 30.3 Å². The quantitative estimate of drug-likeness (QED) is 0.713. The predicted octanol–water partition coefficient (Wildman–Crippen LogP) is 4.16. The molecule has 2 aromatic rings. The van der Waals surface area contributed by atoms with E-state index in [4.69, 9.17) is 9.47 Å². The summed E-state index contributed by atoms with van der Waals surface area (Å²) in [6, 6.07) is 14.1. The van der Waals surface area contributed by atoms with E-state index in [-0.39, 0.29) is 22.6 Å². The molecular weight excluding hydrogens is 350 g/mol. The second-order valence-electron chi connectivity index (χ2n) is 6.10. The van der Waals surface area contributed by atoms with Crippen LogP contribution in [0.2, 0.25) is 0 Å². The number of hydrogen-bond acceptors (Lipinski definition) is 4. The Balaban J connectivity index is 2.47. The molecule has 6 heteroatoms. The van der Waals surface area contributed by atoms with Crippen molar-refractivity contribution in [1.29, 1.82) is 0 Å². The molecule has 26 heavy (non-hydrogen) atoms. The van der Waals surface area contributed by atoms with Crippen molar-refractivity contribution in [2.24, 2.45) is 5.92 Å². The van der Waals surface area contributed by atoms with Gasteiger partial charge >= 0.3 is 0 Å². The molecule has 142 valence electrons. The molecule has 0 spiro atoms. The molecule has 0 amide bonds. The van der Waals surface area contributed by atoms with Gasteiger partial charge in [0.1, 0.15) is 16.4 Å². The Kier molecular flexibility index (Phi) is 7.06. The van der Waals surface area contributed by atoms with Gasteiger partial charge in [0, 0.05) is 12.1 Å². The SMILES string of the molecule is CCC(CC)C(NS(=O)(=O)c1cc(OC)ccc1OC)c1ccccc1. The Morgan fingerprint density at radius 3 is 2.15 bits per heavy atom. The maximum absolute atomic E-state index is 13.2. The molecule has 0 fully saturated rings. The van der Waals surface area contributed by atoms with Gasteiger partial charge in [-0.05, 0) is 23.6 Å². The number of rotatable bonds is 9. The highest BCUT2D eigenvalue weighted by molar-refractivity contribution is 7.89. The first kappa shape index (κ1) is 20.3. The summed E-state index contributed by atoms with van der Waals surface area (Å²) in [5, 5.41) is 0. The zero-order valence-corrected chi connectivity index (χ0v) is 16.5. The Labute approximate surface area is 156 Å². The zero-order valence-electron chi connectivity index (χ0n) is 15.7. The lowest BCUT2D eigenvalue weighted by molar-refractivity contribution is 0.374. The van der Waals surface area contributed by atoms with Crippen molar-refractivity contribution in [1.82, 2.24) is 4.72 Å². The van der Waals surface area contributed by atoms with Crippen LogP contribution < -0.4 is 14.2 Å². The Bertz CT molecular complexity index is 802. The Hall–Kier alpha value is -2.05. The van der Waals surface area contributed by atoms with Crippen LogP contribution in [-0.4, -0.2) is 22.6 Å². The summed E-state index contributed by atoms with van der Waals surface area (Å²) in [6.07, 6.45) is 1.74. The monoisotopic (exact) mass is 377 g/mol. The van der Waals surface area contributed by atoms with Gasteiger partial charge in [-0.2, -0.15) is 0 Å². The van der Waals surface area contributed by atoms with Crippen LogP contribution in [0.4, 0.5) is 0 Å². The third-order valence-corrected chi connectivity index (χ3v) is 6.08. The summed E-state index contributed by atoms with van der Waals surface area (Å²) < 4.78 is 39.6. The third kappa shape index (κ3) is 4.56. The van der Waals surface area contributed by atoms with Crippen molar-refractivity contribution >= 4 is 10.0 Å². The average Bonchev–Trinajstić information content (AvgIpc) is 2.68. The van der Waals surface area contributed by atoms with Crippen molar-refractivity contribution in [3.05, 3.63) is 54.1 Å². The molecule has 0 radical (unpaired) electrons. The van der Waals surface area contributed by atoms with E-state index in [1.165, 1.54) is 20.3 Å². The average molecular weight is 378 g/mol. The van der Waals surface area contributed by atoms with Gasteiger partial charge in [-0.3, -0.25) is 0 Å². The number of nitrogens with one attached hydrogen (secondary N) is 1. The fraction of sp³-hybridized carbons (Fsp3) is 0.400. The molecule has 1 N–H and O–H groups in total. The molecular formula is C20H27NO4S. The first-order chi connectivity index (χ1) is 12.5. The van der Waals surface area contributed by atoms with Crippen LogP contribution in [0.5, 0.6) is 11.5 Å². The normalized spacial score (nSPS) is 12.8. The molecule has 0 aliphatic heterocycles. The van der Waals surface area contributed by atoms with E-state index in [0.29, 0.717) is 5.75 Å². The summed E-state index contributed by atoms with van der Waals surface area (Å²) in [6.45, 7) is 4.15. The van der Waals surface area contributed by atoms with Gasteiger partial charge in [0.15, 0.2) is 0 Å². The lowest BCUT2D eigenvalue weighted by Crippen LogP contribution is -2.33. The Morgan fingerprint density at radius 1 is 0.962 bits per heavy atom. The first-order valence-electron chi connectivity index (χ1n) is 8.76. The molecule has 1 atom stereocenters. The van der Waals surface area contributed by atoms with Crippen molar-refractivity contribution in [2.75, 3.05) is 14.2 Å². The van der Waals surface area contributed by atoms with Crippen LogP contribution in [0.1, 0.15) is 38.3 Å². The van der Waals surface area contributed by atoms with E-state index in [2.05, 4.69) is 18.6 Å². The number of benzene rings is 2. The van der Waals surface area contributed by atoms with Crippen LogP contribution in [0.3, 0.4) is 0 Å². The first-order valence-corrected chi connectivity index (χ1v) is 10.2. The van der Waals surface area contributed by atoms with E-state index >= 15 is 0 Å². The molecule has 0 aliphatic rings.